The van der Waals surface area contributed by atoms with Crippen molar-refractivity contribution in [2.45, 2.75) is 44.6 Å². The van der Waals surface area contributed by atoms with Gasteiger partial charge in [0.1, 0.15) is 5.78 Å². The highest BCUT2D eigenvalue weighted by Crippen LogP contribution is 2.41. The van der Waals surface area contributed by atoms with Gasteiger partial charge in [-0.3, -0.25) is 9.32 Å². The number of carbonyl (C=O) groups excluding carboxylic acids is 1. The highest BCUT2D eigenvalue weighted by atomic mass is 31.2. The molecular weight excluding hydrogens is 285 g/mol. The molecule has 20 heavy (non-hydrogen) atoms. The maximum absolute atomic E-state index is 12.1. The number of nitrogens with two attached hydrogens (primary N) is 1. The topological polar surface area (TPSA) is 130 Å². The van der Waals surface area contributed by atoms with Gasteiger partial charge in [0.05, 0.1) is 12.7 Å². The average molecular weight is 309 g/mol. The molecular formula is C12H24NO6P. The van der Waals surface area contributed by atoms with Crippen molar-refractivity contribution in [1.29, 1.82) is 0 Å². The Kier molecular flexibility index (Phi) is 7.29. The number of ketones is 1. The minimum absolute atomic E-state index is 0.0397. The third-order valence-electron chi connectivity index (χ3n) is 3.67. The van der Waals surface area contributed by atoms with E-state index in [9.17, 15) is 14.5 Å². The summed E-state index contributed by atoms with van der Waals surface area (Å²) in [5.41, 5.74) is 5.38. The Morgan fingerprint density at radius 1 is 1.25 bits per heavy atom. The second-order valence-corrected chi connectivity index (χ2v) is 6.58. The molecule has 5 N–H and O–H groups in total. The van der Waals surface area contributed by atoms with E-state index in [0.29, 0.717) is 25.8 Å². The first-order valence-corrected chi connectivity index (χ1v) is 8.47. The van der Waals surface area contributed by atoms with Crippen molar-refractivity contribution in [3.8, 4) is 0 Å². The van der Waals surface area contributed by atoms with E-state index < -0.39 is 13.9 Å². The van der Waals surface area contributed by atoms with Gasteiger partial charge in [0.25, 0.3) is 0 Å². The zero-order valence-electron chi connectivity index (χ0n) is 11.5. The average Bonchev–Trinajstić information content (AvgIpc) is 2.72. The van der Waals surface area contributed by atoms with Gasteiger partial charge in [-0.2, -0.15) is 0 Å². The molecule has 0 heterocycles. The van der Waals surface area contributed by atoms with Crippen LogP contribution in [0.2, 0.25) is 0 Å². The zero-order valence-corrected chi connectivity index (χ0v) is 12.4. The van der Waals surface area contributed by atoms with Crippen molar-refractivity contribution in [2.24, 2.45) is 17.6 Å². The summed E-state index contributed by atoms with van der Waals surface area (Å²) in [5.74, 6) is -0.646. The molecule has 0 radical (unpaired) electrons. The highest BCUT2D eigenvalue weighted by molar-refractivity contribution is 7.46. The Balaban J connectivity index is 2.44. The van der Waals surface area contributed by atoms with Crippen molar-refractivity contribution < 1.29 is 28.8 Å². The molecule has 1 aliphatic carbocycles. The summed E-state index contributed by atoms with van der Waals surface area (Å²) in [6.07, 6.45) is 3.05. The molecule has 0 saturated heterocycles. The van der Waals surface area contributed by atoms with Gasteiger partial charge in [-0.05, 0) is 38.1 Å². The molecule has 1 saturated carbocycles. The maximum Gasteiger partial charge on any atom is 0.469 e. The molecule has 0 spiro atoms. The van der Waals surface area contributed by atoms with Gasteiger partial charge in [0.2, 0.25) is 0 Å². The molecule has 0 aliphatic heterocycles. The van der Waals surface area contributed by atoms with E-state index in [-0.39, 0.29) is 24.2 Å². The number of Topliss-reactive ketones (excluding diaryl/α,β-unsaturated/α-hetero) is 1. The first-order valence-electron chi connectivity index (χ1n) is 6.94. The number of aliphatic hydroxyl groups is 1. The fourth-order valence-corrected chi connectivity index (χ4v) is 3.06. The first-order chi connectivity index (χ1) is 9.33. The van der Waals surface area contributed by atoms with Gasteiger partial charge in [-0.1, -0.05) is 6.42 Å². The summed E-state index contributed by atoms with van der Waals surface area (Å²) >= 11 is 0. The quantitative estimate of drug-likeness (QED) is 0.362. The second kappa shape index (κ2) is 8.22. The fraction of sp³-hybridized carbons (Fsp3) is 0.917. The predicted molar refractivity (Wildman–Crippen MR) is 72.7 cm³/mol. The lowest BCUT2D eigenvalue weighted by molar-refractivity contribution is -0.124. The summed E-state index contributed by atoms with van der Waals surface area (Å²) in [5, 5.41) is 9.64. The van der Waals surface area contributed by atoms with E-state index in [1.807, 2.05) is 0 Å². The Hall–Kier alpha value is -0.300. The van der Waals surface area contributed by atoms with Crippen LogP contribution in [0.1, 0.15) is 38.5 Å². The van der Waals surface area contributed by atoms with Crippen LogP contribution in [-0.4, -0.2) is 39.9 Å². The summed E-state index contributed by atoms with van der Waals surface area (Å²) in [7, 11) is -4.53. The van der Waals surface area contributed by atoms with E-state index >= 15 is 0 Å². The standard InChI is InChI=1S/C12H24NO6P/c13-5-3-1-2-4-12(15)11-7-10(14)6-9(11)8-19-20(16,17)18/h9-11,14H,1-8,13H2,(H2,16,17,18)/t9-,10+,11?/m0/s1. The van der Waals surface area contributed by atoms with Crippen LogP contribution in [0.5, 0.6) is 0 Å². The molecule has 1 fully saturated rings. The lowest BCUT2D eigenvalue weighted by atomic mass is 9.90. The van der Waals surface area contributed by atoms with E-state index in [1.54, 1.807) is 0 Å². The van der Waals surface area contributed by atoms with Crippen LogP contribution in [0.4, 0.5) is 0 Å². The summed E-state index contributed by atoms with van der Waals surface area (Å²) in [6.45, 7) is 0.412. The largest absolute Gasteiger partial charge is 0.469 e. The summed E-state index contributed by atoms with van der Waals surface area (Å²) in [6, 6.07) is 0. The molecule has 8 heteroatoms. The SMILES string of the molecule is NCCCCCC(=O)C1C[C@H](O)C[C@H]1COP(=O)(O)O. The number of rotatable bonds is 9. The number of hydrogen-bond acceptors (Lipinski definition) is 5. The Bertz CT molecular complexity index is 358. The smallest absolute Gasteiger partial charge is 0.393 e. The molecule has 1 aliphatic rings. The highest BCUT2D eigenvalue weighted by Gasteiger charge is 2.38. The normalized spacial score (nSPS) is 26.9. The molecule has 1 unspecified atom stereocenters. The minimum atomic E-state index is -4.53. The van der Waals surface area contributed by atoms with Crippen molar-refractivity contribution in [3.63, 3.8) is 0 Å². The Morgan fingerprint density at radius 2 is 1.95 bits per heavy atom. The fourth-order valence-electron chi connectivity index (χ4n) is 2.67. The summed E-state index contributed by atoms with van der Waals surface area (Å²) in [4.78, 5) is 29.5. The first kappa shape index (κ1) is 17.8. The van der Waals surface area contributed by atoms with Gasteiger partial charge in [-0.25, -0.2) is 4.57 Å². The maximum atomic E-state index is 12.1. The van der Waals surface area contributed by atoms with Crippen LogP contribution < -0.4 is 5.73 Å². The van der Waals surface area contributed by atoms with Crippen molar-refractivity contribution in [2.75, 3.05) is 13.2 Å². The number of unbranched alkanes of at least 4 members (excludes halogenated alkanes) is 2. The monoisotopic (exact) mass is 309 g/mol. The number of hydrogen-bond donors (Lipinski definition) is 4. The molecule has 7 nitrogen and oxygen atoms in total. The van der Waals surface area contributed by atoms with E-state index in [0.717, 1.165) is 19.3 Å². The van der Waals surface area contributed by atoms with Crippen molar-refractivity contribution in [1.82, 2.24) is 0 Å². The molecule has 118 valence electrons. The second-order valence-electron chi connectivity index (χ2n) is 5.34. The third kappa shape index (κ3) is 6.43. The lowest BCUT2D eigenvalue weighted by Gasteiger charge is -2.18. The Labute approximate surface area is 118 Å². The van der Waals surface area contributed by atoms with Crippen LogP contribution in [0, 0.1) is 11.8 Å². The van der Waals surface area contributed by atoms with Crippen LogP contribution in [0.25, 0.3) is 0 Å². The summed E-state index contributed by atoms with van der Waals surface area (Å²) < 4.78 is 15.2. The molecule has 0 amide bonds. The van der Waals surface area contributed by atoms with Gasteiger partial charge in [0, 0.05) is 12.3 Å². The molecule has 3 atom stereocenters. The van der Waals surface area contributed by atoms with Gasteiger partial charge in [0.15, 0.2) is 0 Å². The third-order valence-corrected chi connectivity index (χ3v) is 4.15. The van der Waals surface area contributed by atoms with Crippen LogP contribution >= 0.6 is 7.82 Å². The number of carbonyl (C=O) groups is 1. The molecule has 1 rings (SSSR count). The Morgan fingerprint density at radius 3 is 2.55 bits per heavy atom. The number of aliphatic hydroxyl groups excluding tert-OH is 1. The molecule has 0 aromatic heterocycles. The van der Waals surface area contributed by atoms with Crippen molar-refractivity contribution >= 4 is 13.6 Å². The zero-order chi connectivity index (χ0) is 15.2. The molecule has 0 aromatic carbocycles. The van der Waals surface area contributed by atoms with Gasteiger partial charge in [-0.15, -0.1) is 0 Å². The van der Waals surface area contributed by atoms with E-state index in [2.05, 4.69) is 4.52 Å². The lowest BCUT2D eigenvalue weighted by Crippen LogP contribution is -2.22. The van der Waals surface area contributed by atoms with Gasteiger partial charge >= 0.3 is 7.82 Å². The number of phosphoric ester groups is 1. The van der Waals surface area contributed by atoms with Crippen LogP contribution in [0.3, 0.4) is 0 Å². The van der Waals surface area contributed by atoms with Gasteiger partial charge < -0.3 is 20.6 Å². The van der Waals surface area contributed by atoms with E-state index in [1.165, 1.54) is 0 Å². The van der Waals surface area contributed by atoms with Crippen LogP contribution in [0.15, 0.2) is 0 Å². The predicted octanol–water partition coefficient (Wildman–Crippen LogP) is 0.571. The minimum Gasteiger partial charge on any atom is -0.393 e. The molecule has 0 bridgehead atoms. The molecule has 0 aromatic rings. The van der Waals surface area contributed by atoms with Crippen LogP contribution in [-0.2, 0) is 13.9 Å². The van der Waals surface area contributed by atoms with E-state index in [4.69, 9.17) is 15.5 Å². The number of phosphoric acid groups is 1. The van der Waals surface area contributed by atoms with Crippen molar-refractivity contribution in [3.05, 3.63) is 0 Å².